The number of rotatable bonds is 3. The summed E-state index contributed by atoms with van der Waals surface area (Å²) in [5, 5.41) is 1.08. The third-order valence-corrected chi connectivity index (χ3v) is 4.33. The number of fused-ring (bicyclic) bond motifs is 1. The Hall–Kier alpha value is -1.87. The van der Waals surface area contributed by atoms with E-state index < -0.39 is 0 Å². The third-order valence-electron chi connectivity index (χ3n) is 3.20. The lowest BCUT2D eigenvalue weighted by Crippen LogP contribution is -2.15. The molecule has 1 heterocycles. The summed E-state index contributed by atoms with van der Waals surface area (Å²) in [6.07, 6.45) is 0. The highest BCUT2D eigenvalue weighted by Crippen LogP contribution is 2.30. The van der Waals surface area contributed by atoms with Crippen LogP contribution in [-0.4, -0.2) is 12.0 Å². The van der Waals surface area contributed by atoms with Crippen molar-refractivity contribution >= 4 is 26.7 Å². The third kappa shape index (κ3) is 2.47. The number of anilines is 1. The Balaban J connectivity index is 1.89. The van der Waals surface area contributed by atoms with E-state index in [0.29, 0.717) is 0 Å². The van der Waals surface area contributed by atoms with Crippen LogP contribution in [0.3, 0.4) is 0 Å². The number of hydrogen-bond acceptors (Lipinski definition) is 3. The summed E-state index contributed by atoms with van der Waals surface area (Å²) in [6.45, 7) is 3.00. The minimum atomic E-state index is 0.889. The highest BCUT2D eigenvalue weighted by Gasteiger charge is 2.09. The van der Waals surface area contributed by atoms with E-state index in [1.165, 1.54) is 15.8 Å². The molecule has 0 N–H and O–H groups in total. The zero-order valence-electron chi connectivity index (χ0n) is 11.1. The molecule has 96 valence electrons. The van der Waals surface area contributed by atoms with Crippen LogP contribution in [0, 0.1) is 6.92 Å². The molecule has 3 aromatic rings. The van der Waals surface area contributed by atoms with Crippen molar-refractivity contribution in [2.24, 2.45) is 0 Å². The van der Waals surface area contributed by atoms with Crippen molar-refractivity contribution in [1.29, 1.82) is 0 Å². The molecule has 0 atom stereocenters. The van der Waals surface area contributed by atoms with Crippen molar-refractivity contribution < 1.29 is 0 Å². The van der Waals surface area contributed by atoms with Gasteiger partial charge in [-0.05, 0) is 24.1 Å². The predicted molar refractivity (Wildman–Crippen MR) is 82.9 cm³/mol. The Morgan fingerprint density at radius 1 is 1.05 bits per heavy atom. The van der Waals surface area contributed by atoms with Crippen LogP contribution in [0.5, 0.6) is 0 Å². The Labute approximate surface area is 117 Å². The fraction of sp³-hybridized carbons (Fsp3) is 0.188. The molecule has 0 amide bonds. The topological polar surface area (TPSA) is 16.1 Å². The van der Waals surface area contributed by atoms with Crippen molar-refractivity contribution in [3.8, 4) is 0 Å². The van der Waals surface area contributed by atoms with Gasteiger partial charge in [0.2, 0.25) is 0 Å². The number of hydrogen-bond donors (Lipinski definition) is 0. The molecule has 19 heavy (non-hydrogen) atoms. The van der Waals surface area contributed by atoms with E-state index in [0.717, 1.165) is 17.2 Å². The molecular weight excluding hydrogens is 252 g/mol. The van der Waals surface area contributed by atoms with Crippen LogP contribution in [0.15, 0.2) is 48.5 Å². The number of benzene rings is 2. The van der Waals surface area contributed by atoms with Crippen LogP contribution in [0.2, 0.25) is 0 Å². The summed E-state index contributed by atoms with van der Waals surface area (Å²) >= 11 is 1.75. The van der Waals surface area contributed by atoms with Gasteiger partial charge < -0.3 is 4.90 Å². The van der Waals surface area contributed by atoms with Gasteiger partial charge in [-0.2, -0.15) is 0 Å². The molecule has 0 fully saturated rings. The van der Waals surface area contributed by atoms with Crippen molar-refractivity contribution in [3.63, 3.8) is 0 Å². The Kier molecular flexibility index (Phi) is 3.22. The summed E-state index contributed by atoms with van der Waals surface area (Å²) in [5.41, 5.74) is 3.68. The second-order valence-corrected chi connectivity index (χ2v) is 5.77. The van der Waals surface area contributed by atoms with E-state index in [2.05, 4.69) is 61.3 Å². The average Bonchev–Trinajstić information content (AvgIpc) is 2.85. The van der Waals surface area contributed by atoms with Crippen molar-refractivity contribution in [2.45, 2.75) is 13.5 Å². The molecular formula is C16H16N2S. The average molecular weight is 268 g/mol. The van der Waals surface area contributed by atoms with Crippen molar-refractivity contribution in [3.05, 3.63) is 59.7 Å². The quantitative estimate of drug-likeness (QED) is 0.706. The maximum atomic E-state index is 4.75. The molecule has 0 bridgehead atoms. The summed E-state index contributed by atoms with van der Waals surface area (Å²) < 4.78 is 1.26. The second kappa shape index (κ2) is 5.02. The molecule has 2 aromatic carbocycles. The first-order valence-electron chi connectivity index (χ1n) is 6.35. The van der Waals surface area contributed by atoms with Gasteiger partial charge in [0, 0.05) is 13.6 Å². The van der Waals surface area contributed by atoms with Gasteiger partial charge in [0.15, 0.2) is 5.13 Å². The van der Waals surface area contributed by atoms with Gasteiger partial charge in [-0.25, -0.2) is 4.98 Å². The largest absolute Gasteiger partial charge is 0.347 e. The van der Waals surface area contributed by atoms with Crippen LogP contribution in [0.25, 0.3) is 10.2 Å². The molecule has 3 heteroatoms. The van der Waals surface area contributed by atoms with E-state index >= 15 is 0 Å². The van der Waals surface area contributed by atoms with Crippen LogP contribution >= 0.6 is 11.3 Å². The monoisotopic (exact) mass is 268 g/mol. The van der Waals surface area contributed by atoms with Crippen molar-refractivity contribution in [1.82, 2.24) is 4.98 Å². The lowest BCUT2D eigenvalue weighted by Gasteiger charge is -2.15. The molecule has 0 aliphatic rings. The molecule has 1 aromatic heterocycles. The summed E-state index contributed by atoms with van der Waals surface area (Å²) in [6, 6.07) is 16.8. The molecule has 0 unspecified atom stereocenters. The lowest BCUT2D eigenvalue weighted by atomic mass is 10.2. The van der Waals surface area contributed by atoms with E-state index in [1.807, 2.05) is 6.07 Å². The van der Waals surface area contributed by atoms with Crippen LogP contribution < -0.4 is 4.90 Å². The van der Waals surface area contributed by atoms with Gasteiger partial charge in [-0.15, -0.1) is 0 Å². The van der Waals surface area contributed by atoms with E-state index in [9.17, 15) is 0 Å². The summed E-state index contributed by atoms with van der Waals surface area (Å²) in [5.74, 6) is 0. The van der Waals surface area contributed by atoms with Gasteiger partial charge in [-0.1, -0.05) is 53.8 Å². The van der Waals surface area contributed by atoms with E-state index in [1.54, 1.807) is 11.3 Å². The fourth-order valence-electron chi connectivity index (χ4n) is 2.16. The first kappa shape index (κ1) is 12.2. The number of aromatic nitrogens is 1. The molecule has 0 aliphatic carbocycles. The summed E-state index contributed by atoms with van der Waals surface area (Å²) in [7, 11) is 2.10. The molecule has 0 spiro atoms. The van der Waals surface area contributed by atoms with Crippen molar-refractivity contribution in [2.75, 3.05) is 11.9 Å². The molecule has 0 saturated carbocycles. The second-order valence-electron chi connectivity index (χ2n) is 4.76. The molecule has 0 radical (unpaired) electrons. The molecule has 2 nitrogen and oxygen atoms in total. The van der Waals surface area contributed by atoms with E-state index in [4.69, 9.17) is 4.98 Å². The highest BCUT2D eigenvalue weighted by atomic mass is 32.1. The maximum Gasteiger partial charge on any atom is 0.186 e. The Bertz CT molecular complexity index is 688. The lowest BCUT2D eigenvalue weighted by molar-refractivity contribution is 0.917. The van der Waals surface area contributed by atoms with Crippen LogP contribution in [0.1, 0.15) is 11.1 Å². The van der Waals surface area contributed by atoms with Gasteiger partial charge in [-0.3, -0.25) is 0 Å². The first-order valence-corrected chi connectivity index (χ1v) is 7.17. The van der Waals surface area contributed by atoms with Gasteiger partial charge in [0.1, 0.15) is 0 Å². The van der Waals surface area contributed by atoms with Crippen LogP contribution in [0.4, 0.5) is 5.13 Å². The van der Waals surface area contributed by atoms with E-state index in [-0.39, 0.29) is 0 Å². The number of para-hydroxylation sites is 1. The molecule has 0 aliphatic heterocycles. The van der Waals surface area contributed by atoms with Gasteiger partial charge >= 0.3 is 0 Å². The Morgan fingerprint density at radius 3 is 2.58 bits per heavy atom. The number of nitrogens with zero attached hydrogens (tertiary/aromatic N) is 2. The zero-order valence-corrected chi connectivity index (χ0v) is 11.9. The molecule has 0 saturated heterocycles. The fourth-order valence-corrected chi connectivity index (χ4v) is 3.17. The van der Waals surface area contributed by atoms with Crippen LogP contribution in [-0.2, 0) is 6.54 Å². The van der Waals surface area contributed by atoms with Gasteiger partial charge in [0.05, 0.1) is 10.2 Å². The maximum absolute atomic E-state index is 4.75. The number of thiazole rings is 1. The number of aryl methyl sites for hydroxylation is 1. The minimum absolute atomic E-state index is 0.889. The normalized spacial score (nSPS) is 10.8. The Morgan fingerprint density at radius 2 is 1.84 bits per heavy atom. The first-order chi connectivity index (χ1) is 9.24. The highest BCUT2D eigenvalue weighted by molar-refractivity contribution is 7.22. The smallest absolute Gasteiger partial charge is 0.186 e. The standard InChI is InChI=1S/C16H16N2S/c1-12-7-6-10-14-15(12)17-16(19-14)18(2)11-13-8-4-3-5-9-13/h3-10H,11H2,1-2H3. The minimum Gasteiger partial charge on any atom is -0.347 e. The van der Waals surface area contributed by atoms with Gasteiger partial charge in [0.25, 0.3) is 0 Å². The summed E-state index contributed by atoms with van der Waals surface area (Å²) in [4.78, 5) is 6.96. The predicted octanol–water partition coefficient (Wildman–Crippen LogP) is 4.24. The molecule has 3 rings (SSSR count). The zero-order chi connectivity index (χ0) is 13.2. The SMILES string of the molecule is Cc1cccc2sc(N(C)Cc3ccccc3)nc12.